The summed E-state index contributed by atoms with van der Waals surface area (Å²) in [6, 6.07) is 13.3. The van der Waals surface area contributed by atoms with Gasteiger partial charge in [-0.1, -0.05) is 24.3 Å². The third-order valence-electron chi connectivity index (χ3n) is 5.23. The van der Waals surface area contributed by atoms with Gasteiger partial charge in [-0.05, 0) is 53.9 Å². The number of aromatic nitrogens is 1. The van der Waals surface area contributed by atoms with Crippen LogP contribution in [0.5, 0.6) is 17.2 Å². The van der Waals surface area contributed by atoms with E-state index in [-0.39, 0.29) is 12.0 Å². The molecule has 2 amide bonds. The van der Waals surface area contributed by atoms with Crippen LogP contribution in [0, 0.1) is 0 Å². The Balaban J connectivity index is 1.56. The molecule has 2 unspecified atom stereocenters. The first-order valence-corrected chi connectivity index (χ1v) is 10.5. The number of carbonyl (C=O) groups excluding carboxylic acids is 2. The predicted molar refractivity (Wildman–Crippen MR) is 113 cm³/mol. The highest BCUT2D eigenvalue weighted by atomic mass is 19.3. The number of cyclic esters (lactones) is 1. The maximum absolute atomic E-state index is 13.3. The third kappa shape index (κ3) is 5.48. The molecule has 1 saturated heterocycles. The lowest BCUT2D eigenvalue weighted by Gasteiger charge is -2.25. The molecule has 1 aromatic heterocycles. The van der Waals surface area contributed by atoms with Crippen molar-refractivity contribution >= 4 is 12.2 Å². The molecule has 0 aliphatic carbocycles. The van der Waals surface area contributed by atoms with Crippen LogP contribution >= 0.6 is 0 Å². The van der Waals surface area contributed by atoms with Crippen LogP contribution < -0.4 is 14.6 Å². The van der Waals surface area contributed by atoms with Gasteiger partial charge in [-0.2, -0.15) is 17.6 Å². The largest absolute Gasteiger partial charge is 0.529 e. The highest BCUT2D eigenvalue weighted by molar-refractivity contribution is 5.88. The third-order valence-corrected chi connectivity index (χ3v) is 5.23. The van der Waals surface area contributed by atoms with E-state index in [9.17, 15) is 32.3 Å². The average molecular weight is 505 g/mol. The second-order valence-corrected chi connectivity index (χ2v) is 7.68. The summed E-state index contributed by atoms with van der Waals surface area (Å²) in [6.07, 6.45) is -9.94. The smallest absolute Gasteiger partial charge is 0.461 e. The van der Waals surface area contributed by atoms with E-state index in [2.05, 4.69) is 9.72 Å². The van der Waals surface area contributed by atoms with Crippen molar-refractivity contribution in [3.05, 3.63) is 84.2 Å². The zero-order valence-electron chi connectivity index (χ0n) is 18.2. The Hall–Kier alpha value is -4.35. The monoisotopic (exact) mass is 505 g/mol. The standard InChI is InChI=1S/C24H18F4N2O6/c25-21(26)24(27,28)36-17-4-1-3-14(11-17)12-19-20(35-23(33)30(19)22(31)32)15-6-8-16(9-7-15)34-18-5-2-10-29-13-18/h1-11,13,19-21H,12H2,(H,31,32)/p-1. The molecule has 4 rings (SSSR count). The number of benzene rings is 2. The van der Waals surface area contributed by atoms with Gasteiger partial charge in [-0.15, -0.1) is 0 Å². The minimum absolute atomic E-state index is 0.199. The van der Waals surface area contributed by atoms with Crippen LogP contribution in [0.1, 0.15) is 17.2 Å². The van der Waals surface area contributed by atoms with Crippen molar-refractivity contribution in [1.82, 2.24) is 9.88 Å². The lowest BCUT2D eigenvalue weighted by molar-refractivity contribution is -0.262. The van der Waals surface area contributed by atoms with Crippen molar-refractivity contribution < 1.29 is 46.5 Å². The van der Waals surface area contributed by atoms with Gasteiger partial charge in [0.2, 0.25) is 0 Å². The summed E-state index contributed by atoms with van der Waals surface area (Å²) in [5.74, 6) is 0.365. The first-order chi connectivity index (χ1) is 17.1. The Morgan fingerprint density at radius 2 is 1.81 bits per heavy atom. The van der Waals surface area contributed by atoms with Gasteiger partial charge < -0.3 is 24.1 Å². The second kappa shape index (κ2) is 10.1. The molecular weight excluding hydrogens is 488 g/mol. The Kier molecular flexibility index (Phi) is 6.95. The fraction of sp³-hybridized carbons (Fsp3) is 0.208. The number of pyridine rings is 1. The van der Waals surface area contributed by atoms with E-state index >= 15 is 0 Å². The molecule has 2 heterocycles. The lowest BCUT2D eigenvalue weighted by Crippen LogP contribution is -2.47. The molecule has 0 N–H and O–H groups in total. The van der Waals surface area contributed by atoms with E-state index in [1.807, 2.05) is 0 Å². The molecule has 0 spiro atoms. The maximum Gasteiger partial charge on any atom is 0.461 e. The van der Waals surface area contributed by atoms with Crippen LogP contribution in [0.3, 0.4) is 0 Å². The fourth-order valence-electron chi connectivity index (χ4n) is 3.66. The number of hydrogen-bond acceptors (Lipinski definition) is 7. The van der Waals surface area contributed by atoms with Crippen molar-refractivity contribution in [3.63, 3.8) is 0 Å². The van der Waals surface area contributed by atoms with Gasteiger partial charge in [0.05, 0.1) is 12.2 Å². The van der Waals surface area contributed by atoms with Gasteiger partial charge >= 0.3 is 18.6 Å². The molecule has 0 radical (unpaired) electrons. The number of carbonyl (C=O) groups is 2. The molecular formula is C24H17F4N2O6-. The van der Waals surface area contributed by atoms with E-state index in [0.29, 0.717) is 22.0 Å². The summed E-state index contributed by atoms with van der Waals surface area (Å²) >= 11 is 0. The van der Waals surface area contributed by atoms with Gasteiger partial charge in [0.25, 0.3) is 0 Å². The number of rotatable bonds is 8. The summed E-state index contributed by atoms with van der Waals surface area (Å²) in [4.78, 5) is 28.3. The Morgan fingerprint density at radius 1 is 1.08 bits per heavy atom. The molecule has 36 heavy (non-hydrogen) atoms. The van der Waals surface area contributed by atoms with Crippen LogP contribution in [0.15, 0.2) is 73.1 Å². The van der Waals surface area contributed by atoms with Gasteiger partial charge in [0.15, 0.2) is 0 Å². The number of nitrogens with zero attached hydrogens (tertiary/aromatic N) is 2. The van der Waals surface area contributed by atoms with E-state index in [0.717, 1.165) is 12.1 Å². The van der Waals surface area contributed by atoms with Crippen molar-refractivity contribution in [2.45, 2.75) is 31.1 Å². The van der Waals surface area contributed by atoms with Crippen molar-refractivity contribution in [2.24, 2.45) is 0 Å². The molecule has 1 aliphatic heterocycles. The van der Waals surface area contributed by atoms with Crippen LogP contribution in [-0.4, -0.2) is 40.6 Å². The van der Waals surface area contributed by atoms with Crippen LogP contribution in [0.25, 0.3) is 0 Å². The summed E-state index contributed by atoms with van der Waals surface area (Å²) in [5.41, 5.74) is 0.654. The first-order valence-electron chi connectivity index (χ1n) is 10.5. The van der Waals surface area contributed by atoms with E-state index in [1.54, 1.807) is 42.6 Å². The number of alkyl halides is 4. The number of halogens is 4. The topological polar surface area (TPSA) is 101 Å². The number of amides is 2. The Labute approximate surface area is 201 Å². The van der Waals surface area contributed by atoms with Crippen LogP contribution in [-0.2, 0) is 11.2 Å². The molecule has 1 aliphatic rings. The molecule has 12 heteroatoms. The zero-order valence-corrected chi connectivity index (χ0v) is 18.2. The Morgan fingerprint density at radius 3 is 2.44 bits per heavy atom. The normalized spacial score (nSPS) is 17.7. The molecule has 3 aromatic rings. The van der Waals surface area contributed by atoms with Crippen molar-refractivity contribution in [3.8, 4) is 17.2 Å². The highest BCUT2D eigenvalue weighted by Crippen LogP contribution is 2.36. The van der Waals surface area contributed by atoms with Gasteiger partial charge in [0, 0.05) is 6.20 Å². The zero-order chi connectivity index (χ0) is 25.9. The molecule has 0 bridgehead atoms. The first kappa shape index (κ1) is 24.8. The van der Waals surface area contributed by atoms with Gasteiger partial charge in [-0.3, -0.25) is 9.88 Å². The van der Waals surface area contributed by atoms with Crippen LogP contribution in [0.4, 0.5) is 27.2 Å². The second-order valence-electron chi connectivity index (χ2n) is 7.68. The SMILES string of the molecule is O=C([O-])N1C(=O)OC(c2ccc(Oc3cccnc3)cc2)C1Cc1cccc(OC(F)(F)C(F)F)c1. The maximum atomic E-state index is 13.3. The summed E-state index contributed by atoms with van der Waals surface area (Å²) in [6.45, 7) is 0. The number of ether oxygens (including phenoxy) is 3. The average Bonchev–Trinajstić information content (AvgIpc) is 3.16. The number of imide groups is 1. The molecule has 2 atom stereocenters. The summed E-state index contributed by atoms with van der Waals surface area (Å²) in [7, 11) is 0. The van der Waals surface area contributed by atoms with Crippen LogP contribution in [0.2, 0.25) is 0 Å². The van der Waals surface area contributed by atoms with Gasteiger partial charge in [-0.25, -0.2) is 4.79 Å². The molecule has 1 fully saturated rings. The van der Waals surface area contributed by atoms with Crippen molar-refractivity contribution in [2.75, 3.05) is 0 Å². The number of carboxylic acid groups (broad SMARTS) is 1. The summed E-state index contributed by atoms with van der Waals surface area (Å²) < 4.78 is 66.6. The lowest BCUT2D eigenvalue weighted by atomic mass is 9.95. The number of hydrogen-bond donors (Lipinski definition) is 0. The van der Waals surface area contributed by atoms with E-state index < -0.39 is 42.6 Å². The van der Waals surface area contributed by atoms with E-state index in [4.69, 9.17) is 9.47 Å². The van der Waals surface area contributed by atoms with Gasteiger partial charge in [0.1, 0.15) is 29.4 Å². The molecule has 8 nitrogen and oxygen atoms in total. The molecule has 188 valence electrons. The minimum atomic E-state index is -4.72. The summed E-state index contributed by atoms with van der Waals surface area (Å²) in [5, 5.41) is 11.7. The Bertz CT molecular complexity index is 1230. The minimum Gasteiger partial charge on any atom is -0.529 e. The predicted octanol–water partition coefficient (Wildman–Crippen LogP) is 4.56. The van der Waals surface area contributed by atoms with Crippen molar-refractivity contribution in [1.29, 1.82) is 0 Å². The molecule has 0 saturated carbocycles. The van der Waals surface area contributed by atoms with E-state index in [1.165, 1.54) is 18.3 Å². The highest BCUT2D eigenvalue weighted by Gasteiger charge is 2.45. The quantitative estimate of drug-likeness (QED) is 0.414. The molecule has 2 aromatic carbocycles. The fourth-order valence-corrected chi connectivity index (χ4v) is 3.66.